The third-order valence-electron chi connectivity index (χ3n) is 7.21. The molecule has 202 valence electrons. The maximum atomic E-state index is 15.2. The molecule has 6 nitrogen and oxygen atoms in total. The van der Waals surface area contributed by atoms with Gasteiger partial charge < -0.3 is 15.1 Å². The SMILES string of the molecule is C=C/C=C(\N=C)C1(NC(=O)c2cc(F)c(C)c(-c3ccc4oc(-c5ccc(F)cc5)c(C(=O)NC)c4c3)c2)CC1. The van der Waals surface area contributed by atoms with E-state index in [1.165, 1.54) is 37.4 Å². The molecule has 0 atom stereocenters. The molecule has 0 saturated heterocycles. The van der Waals surface area contributed by atoms with E-state index in [4.69, 9.17) is 4.42 Å². The number of nitrogens with one attached hydrogen (secondary N) is 2. The summed E-state index contributed by atoms with van der Waals surface area (Å²) < 4.78 is 34.7. The standard InChI is InChI=1S/C32H27F2N3O3/c1-5-6-27(35-3)32(13-14-32)37-30(38)21-16-23(18(2)25(34)17-21)20-9-12-26-24(15-20)28(31(39)36-4)29(40-26)19-7-10-22(33)11-8-19/h5-12,15-17H,1,3,13-14H2,2,4H3,(H,36,39)(H,37,38)/b27-6-. The van der Waals surface area contributed by atoms with E-state index < -0.39 is 23.1 Å². The monoisotopic (exact) mass is 539 g/mol. The molecule has 8 heteroatoms. The molecule has 2 N–H and O–H groups in total. The van der Waals surface area contributed by atoms with Crippen LogP contribution in [0.3, 0.4) is 0 Å². The van der Waals surface area contributed by atoms with Crippen molar-refractivity contribution in [1.29, 1.82) is 0 Å². The molecule has 1 aromatic heterocycles. The van der Waals surface area contributed by atoms with E-state index in [0.717, 1.165) is 0 Å². The summed E-state index contributed by atoms with van der Waals surface area (Å²) in [5.74, 6) is -1.49. The van der Waals surface area contributed by atoms with Crippen molar-refractivity contribution in [1.82, 2.24) is 10.6 Å². The molecule has 4 aromatic rings. The van der Waals surface area contributed by atoms with Gasteiger partial charge in [0.25, 0.3) is 11.8 Å². The molecule has 0 bridgehead atoms. The van der Waals surface area contributed by atoms with Gasteiger partial charge in [-0.3, -0.25) is 14.6 Å². The number of carbonyl (C=O) groups excluding carboxylic acids is 2. The molecule has 0 spiro atoms. The van der Waals surface area contributed by atoms with Gasteiger partial charge in [-0.05, 0) is 97.8 Å². The van der Waals surface area contributed by atoms with Crippen LogP contribution >= 0.6 is 0 Å². The zero-order valence-electron chi connectivity index (χ0n) is 22.1. The Morgan fingerprint density at radius 1 is 1.02 bits per heavy atom. The summed E-state index contributed by atoms with van der Waals surface area (Å²) in [6.45, 7) is 8.91. The molecule has 0 radical (unpaired) electrons. The Kier molecular flexibility index (Phi) is 6.94. The van der Waals surface area contributed by atoms with E-state index >= 15 is 4.39 Å². The number of furan rings is 1. The average molecular weight is 540 g/mol. The van der Waals surface area contributed by atoms with Gasteiger partial charge in [-0.1, -0.05) is 18.7 Å². The number of halogens is 2. The Morgan fingerprint density at radius 2 is 1.73 bits per heavy atom. The zero-order valence-corrected chi connectivity index (χ0v) is 22.1. The molecule has 40 heavy (non-hydrogen) atoms. The van der Waals surface area contributed by atoms with Gasteiger partial charge in [-0.25, -0.2) is 8.78 Å². The normalized spacial score (nSPS) is 14.1. The predicted octanol–water partition coefficient (Wildman–Crippen LogP) is 6.75. The second kappa shape index (κ2) is 10.4. The van der Waals surface area contributed by atoms with Crippen molar-refractivity contribution >= 4 is 29.5 Å². The third kappa shape index (κ3) is 4.73. The molecule has 3 aromatic carbocycles. The van der Waals surface area contributed by atoms with Gasteiger partial charge in [0.1, 0.15) is 23.0 Å². The lowest BCUT2D eigenvalue weighted by atomic mass is 9.95. The molecule has 1 aliphatic carbocycles. The van der Waals surface area contributed by atoms with E-state index in [9.17, 15) is 14.0 Å². The summed E-state index contributed by atoms with van der Waals surface area (Å²) in [5, 5.41) is 6.11. The van der Waals surface area contributed by atoms with Crippen molar-refractivity contribution < 1.29 is 22.8 Å². The Balaban J connectivity index is 1.58. The van der Waals surface area contributed by atoms with Gasteiger partial charge in [0.05, 0.1) is 16.8 Å². The molecule has 1 heterocycles. The van der Waals surface area contributed by atoms with Crippen molar-refractivity contribution in [3.05, 3.63) is 107 Å². The topological polar surface area (TPSA) is 83.7 Å². The Bertz CT molecular complexity index is 1710. The number of carbonyl (C=O) groups is 2. The second-order valence-electron chi connectivity index (χ2n) is 9.72. The van der Waals surface area contributed by atoms with Crippen LogP contribution in [0, 0.1) is 18.6 Å². The van der Waals surface area contributed by atoms with Crippen LogP contribution in [0.15, 0.2) is 88.4 Å². The number of benzene rings is 3. The van der Waals surface area contributed by atoms with Gasteiger partial charge in [0, 0.05) is 23.6 Å². The van der Waals surface area contributed by atoms with E-state index in [1.807, 2.05) is 0 Å². The Hall–Kier alpha value is -4.85. The number of aliphatic imine (C=N–C) groups is 1. The molecule has 2 amide bonds. The summed E-state index contributed by atoms with van der Waals surface area (Å²) in [5.41, 5.74) is 2.78. The van der Waals surface area contributed by atoms with Crippen LogP contribution in [-0.2, 0) is 0 Å². The lowest BCUT2D eigenvalue weighted by Crippen LogP contribution is -2.38. The largest absolute Gasteiger partial charge is 0.455 e. The van der Waals surface area contributed by atoms with Crippen molar-refractivity contribution in [2.24, 2.45) is 4.99 Å². The number of amides is 2. The Labute approximate surface area is 230 Å². The van der Waals surface area contributed by atoms with Crippen LogP contribution in [0.1, 0.15) is 39.1 Å². The maximum Gasteiger partial charge on any atom is 0.255 e. The van der Waals surface area contributed by atoms with Crippen LogP contribution in [0.2, 0.25) is 0 Å². The van der Waals surface area contributed by atoms with Crippen molar-refractivity contribution in [2.75, 3.05) is 7.05 Å². The lowest BCUT2D eigenvalue weighted by Gasteiger charge is -2.19. The first-order chi connectivity index (χ1) is 19.2. The molecular weight excluding hydrogens is 512 g/mol. The fraction of sp³-hybridized carbons (Fsp3) is 0.156. The van der Waals surface area contributed by atoms with E-state index in [-0.39, 0.29) is 22.8 Å². The molecule has 1 saturated carbocycles. The van der Waals surface area contributed by atoms with Crippen molar-refractivity contribution in [2.45, 2.75) is 25.3 Å². The third-order valence-corrected chi connectivity index (χ3v) is 7.21. The quantitative estimate of drug-likeness (QED) is 0.192. The first-order valence-corrected chi connectivity index (χ1v) is 12.7. The highest BCUT2D eigenvalue weighted by Crippen LogP contribution is 2.43. The number of hydrogen-bond acceptors (Lipinski definition) is 4. The fourth-order valence-corrected chi connectivity index (χ4v) is 4.86. The average Bonchev–Trinajstić information content (AvgIpc) is 3.63. The van der Waals surface area contributed by atoms with E-state index in [1.54, 1.807) is 43.3 Å². The minimum atomic E-state index is -0.649. The van der Waals surface area contributed by atoms with Crippen LogP contribution in [0.4, 0.5) is 8.78 Å². The second-order valence-corrected chi connectivity index (χ2v) is 9.72. The highest BCUT2D eigenvalue weighted by atomic mass is 19.1. The van der Waals surface area contributed by atoms with Gasteiger partial charge in [0.15, 0.2) is 0 Å². The summed E-state index contributed by atoms with van der Waals surface area (Å²) >= 11 is 0. The number of nitrogens with zero attached hydrogens (tertiary/aromatic N) is 1. The fourth-order valence-electron chi connectivity index (χ4n) is 4.86. The molecule has 5 rings (SSSR count). The molecule has 0 unspecified atom stereocenters. The number of allylic oxidation sites excluding steroid dienone is 2. The smallest absolute Gasteiger partial charge is 0.255 e. The highest BCUT2D eigenvalue weighted by molar-refractivity contribution is 6.12. The first kappa shape index (κ1) is 26.7. The summed E-state index contributed by atoms with van der Waals surface area (Å²) in [6.07, 6.45) is 4.66. The van der Waals surface area contributed by atoms with Crippen LogP contribution < -0.4 is 10.6 Å². The molecule has 1 aliphatic rings. The van der Waals surface area contributed by atoms with Crippen molar-refractivity contribution in [3.63, 3.8) is 0 Å². The van der Waals surface area contributed by atoms with Crippen molar-refractivity contribution in [3.8, 4) is 22.5 Å². The van der Waals surface area contributed by atoms with E-state index in [2.05, 4.69) is 28.9 Å². The highest BCUT2D eigenvalue weighted by Gasteiger charge is 2.47. The van der Waals surface area contributed by atoms with E-state index in [0.29, 0.717) is 51.8 Å². The summed E-state index contributed by atoms with van der Waals surface area (Å²) in [4.78, 5) is 30.2. The minimum absolute atomic E-state index is 0.150. The van der Waals surface area contributed by atoms with Gasteiger partial charge in [-0.2, -0.15) is 0 Å². The van der Waals surface area contributed by atoms with Crippen LogP contribution in [0.5, 0.6) is 0 Å². The number of hydrogen-bond donors (Lipinski definition) is 2. The molecular formula is C32H27F2N3O3. The molecule has 0 aliphatic heterocycles. The Morgan fingerprint density at radius 3 is 2.35 bits per heavy atom. The minimum Gasteiger partial charge on any atom is -0.455 e. The van der Waals surface area contributed by atoms with Crippen LogP contribution in [-0.4, -0.2) is 31.1 Å². The van der Waals surface area contributed by atoms with Crippen LogP contribution in [0.25, 0.3) is 33.4 Å². The maximum absolute atomic E-state index is 15.2. The summed E-state index contributed by atoms with van der Waals surface area (Å²) in [6, 6.07) is 13.6. The first-order valence-electron chi connectivity index (χ1n) is 12.7. The number of fused-ring (bicyclic) bond motifs is 1. The predicted molar refractivity (Wildman–Crippen MR) is 152 cm³/mol. The van der Waals surface area contributed by atoms with Gasteiger partial charge >= 0.3 is 0 Å². The number of rotatable bonds is 8. The van der Waals surface area contributed by atoms with Gasteiger partial charge in [0.2, 0.25) is 0 Å². The van der Waals surface area contributed by atoms with Gasteiger partial charge in [-0.15, -0.1) is 0 Å². The zero-order chi connectivity index (χ0) is 28.6. The molecule has 1 fully saturated rings. The lowest BCUT2D eigenvalue weighted by molar-refractivity contribution is 0.0935. The summed E-state index contributed by atoms with van der Waals surface area (Å²) in [7, 11) is 1.51.